The molecule has 8 heteroatoms. The third-order valence-corrected chi connectivity index (χ3v) is 3.73. The first-order valence-electron chi connectivity index (χ1n) is 6.85. The number of anilines is 2. The Bertz CT molecular complexity index is 756. The van der Waals surface area contributed by atoms with Crippen LogP contribution in [0.3, 0.4) is 0 Å². The van der Waals surface area contributed by atoms with Crippen LogP contribution in [0, 0.1) is 5.82 Å². The Balaban J connectivity index is 2.07. The maximum atomic E-state index is 13.8. The van der Waals surface area contributed by atoms with E-state index in [1.807, 2.05) is 0 Å². The van der Waals surface area contributed by atoms with Crippen LogP contribution in [0.15, 0.2) is 30.3 Å². The van der Waals surface area contributed by atoms with Gasteiger partial charge in [-0.3, -0.25) is 4.79 Å². The summed E-state index contributed by atoms with van der Waals surface area (Å²) in [5.74, 6) is -0.213. The minimum atomic E-state index is -0.614. The summed E-state index contributed by atoms with van der Waals surface area (Å²) in [6.07, 6.45) is 0. The molecule has 0 bridgehead atoms. The molecule has 5 nitrogen and oxygen atoms in total. The fourth-order valence-corrected chi connectivity index (χ4v) is 2.38. The summed E-state index contributed by atoms with van der Waals surface area (Å²) in [7, 11) is 2.93. The van der Waals surface area contributed by atoms with E-state index in [1.54, 1.807) is 12.1 Å². The highest BCUT2D eigenvalue weighted by Crippen LogP contribution is 2.35. The number of carbonyl (C=O) groups is 1. The highest BCUT2D eigenvalue weighted by molar-refractivity contribution is 6.32. The van der Waals surface area contributed by atoms with Crippen molar-refractivity contribution in [3.8, 4) is 11.5 Å². The van der Waals surface area contributed by atoms with Crippen LogP contribution in [0.25, 0.3) is 0 Å². The van der Waals surface area contributed by atoms with Crippen molar-refractivity contribution in [1.82, 2.24) is 0 Å². The second kappa shape index (κ2) is 8.08. The number of halogens is 3. The Kier molecular flexibility index (Phi) is 6.11. The smallest absolute Gasteiger partial charge is 0.243 e. The fourth-order valence-electron chi connectivity index (χ4n) is 1.97. The molecule has 2 rings (SSSR count). The first-order valence-corrected chi connectivity index (χ1v) is 7.61. The Morgan fingerprint density at radius 3 is 2.46 bits per heavy atom. The van der Waals surface area contributed by atoms with Gasteiger partial charge in [0.1, 0.15) is 11.5 Å². The summed E-state index contributed by atoms with van der Waals surface area (Å²) in [4.78, 5) is 12.1. The van der Waals surface area contributed by atoms with Gasteiger partial charge in [-0.2, -0.15) is 0 Å². The molecule has 0 aliphatic rings. The van der Waals surface area contributed by atoms with Crippen LogP contribution < -0.4 is 20.1 Å². The second-order valence-electron chi connectivity index (χ2n) is 4.69. The Morgan fingerprint density at radius 1 is 1.08 bits per heavy atom. The van der Waals surface area contributed by atoms with Crippen LogP contribution in [-0.2, 0) is 4.79 Å². The second-order valence-corrected chi connectivity index (χ2v) is 5.50. The molecule has 2 aromatic carbocycles. The zero-order valence-electron chi connectivity index (χ0n) is 13.0. The standard InChI is InChI=1S/C16H15Cl2FN2O3/c1-23-13-7-14(24-2)12(6-10(13)18)21-15(22)8-20-11-5-3-4-9(17)16(11)19/h3-7,20H,8H2,1-2H3,(H,21,22). The molecule has 0 heterocycles. The van der Waals surface area contributed by atoms with Crippen molar-refractivity contribution in [2.24, 2.45) is 0 Å². The normalized spacial score (nSPS) is 10.2. The number of ether oxygens (including phenoxy) is 2. The van der Waals surface area contributed by atoms with E-state index in [-0.39, 0.29) is 17.3 Å². The van der Waals surface area contributed by atoms with Crippen LogP contribution in [0.5, 0.6) is 11.5 Å². The lowest BCUT2D eigenvalue weighted by atomic mass is 10.2. The van der Waals surface area contributed by atoms with Gasteiger partial charge in [0, 0.05) is 6.07 Å². The van der Waals surface area contributed by atoms with Crippen LogP contribution in [0.2, 0.25) is 10.0 Å². The Labute approximate surface area is 148 Å². The molecule has 0 saturated heterocycles. The third kappa shape index (κ3) is 4.21. The van der Waals surface area contributed by atoms with E-state index in [0.717, 1.165) is 0 Å². The average molecular weight is 373 g/mol. The van der Waals surface area contributed by atoms with Crippen LogP contribution >= 0.6 is 23.2 Å². The summed E-state index contributed by atoms with van der Waals surface area (Å²) in [5.41, 5.74) is 0.513. The summed E-state index contributed by atoms with van der Waals surface area (Å²) in [5, 5.41) is 5.61. The van der Waals surface area contributed by atoms with Gasteiger partial charge in [-0.25, -0.2) is 4.39 Å². The Hall–Kier alpha value is -2.18. The summed E-state index contributed by atoms with van der Waals surface area (Å²) < 4.78 is 24.0. The molecule has 0 aliphatic heterocycles. The van der Waals surface area contributed by atoms with Gasteiger partial charge in [0.05, 0.1) is 42.2 Å². The molecule has 0 radical (unpaired) electrons. The number of rotatable bonds is 6. The van der Waals surface area contributed by atoms with E-state index in [0.29, 0.717) is 22.2 Å². The van der Waals surface area contributed by atoms with Gasteiger partial charge in [-0.15, -0.1) is 0 Å². The van der Waals surface area contributed by atoms with Crippen LogP contribution in [-0.4, -0.2) is 26.7 Å². The van der Waals surface area contributed by atoms with E-state index < -0.39 is 11.7 Å². The lowest BCUT2D eigenvalue weighted by Gasteiger charge is -2.14. The largest absolute Gasteiger partial charge is 0.495 e. The number of carbonyl (C=O) groups excluding carboxylic acids is 1. The monoisotopic (exact) mass is 372 g/mol. The van der Waals surface area contributed by atoms with E-state index in [4.69, 9.17) is 32.7 Å². The molecule has 128 valence electrons. The van der Waals surface area contributed by atoms with Gasteiger partial charge in [-0.1, -0.05) is 29.3 Å². The van der Waals surface area contributed by atoms with Gasteiger partial charge in [0.15, 0.2) is 5.82 Å². The van der Waals surface area contributed by atoms with Crippen molar-refractivity contribution in [3.05, 3.63) is 46.2 Å². The quantitative estimate of drug-likeness (QED) is 0.797. The molecule has 0 saturated carbocycles. The predicted molar refractivity (Wildman–Crippen MR) is 93.1 cm³/mol. The van der Waals surface area contributed by atoms with Crippen molar-refractivity contribution in [2.45, 2.75) is 0 Å². The molecular formula is C16H15Cl2FN2O3. The molecule has 24 heavy (non-hydrogen) atoms. The maximum Gasteiger partial charge on any atom is 0.243 e. The molecule has 2 aromatic rings. The third-order valence-electron chi connectivity index (χ3n) is 3.14. The first-order chi connectivity index (χ1) is 11.5. The van der Waals surface area contributed by atoms with E-state index in [2.05, 4.69) is 10.6 Å². The number of amides is 1. The molecule has 2 N–H and O–H groups in total. The highest BCUT2D eigenvalue weighted by atomic mass is 35.5. The highest BCUT2D eigenvalue weighted by Gasteiger charge is 2.13. The van der Waals surface area contributed by atoms with Gasteiger partial charge in [0.2, 0.25) is 5.91 Å². The molecule has 0 spiro atoms. The minimum Gasteiger partial charge on any atom is -0.495 e. The number of benzene rings is 2. The fraction of sp³-hybridized carbons (Fsp3) is 0.188. The summed E-state index contributed by atoms with van der Waals surface area (Å²) >= 11 is 11.7. The predicted octanol–water partition coefficient (Wildman–Crippen LogP) is 4.20. The number of hydrogen-bond acceptors (Lipinski definition) is 4. The van der Waals surface area contributed by atoms with Crippen LogP contribution in [0.1, 0.15) is 0 Å². The SMILES string of the molecule is COc1cc(OC)c(NC(=O)CNc2cccc(Cl)c2F)cc1Cl. The zero-order valence-corrected chi connectivity index (χ0v) is 14.5. The number of methoxy groups -OCH3 is 2. The molecule has 0 aliphatic carbocycles. The van der Waals surface area contributed by atoms with Gasteiger partial charge in [-0.05, 0) is 18.2 Å². The molecular weight excluding hydrogens is 358 g/mol. The summed E-state index contributed by atoms with van der Waals surface area (Å²) in [6.45, 7) is -0.163. The lowest BCUT2D eigenvalue weighted by molar-refractivity contribution is -0.114. The average Bonchev–Trinajstić information content (AvgIpc) is 2.56. The first kappa shape index (κ1) is 18.2. The van der Waals surface area contributed by atoms with Gasteiger partial charge >= 0.3 is 0 Å². The maximum absolute atomic E-state index is 13.8. The van der Waals surface area contributed by atoms with E-state index in [9.17, 15) is 9.18 Å². The molecule has 1 amide bonds. The Morgan fingerprint density at radius 2 is 1.79 bits per heavy atom. The zero-order chi connectivity index (χ0) is 17.7. The van der Waals surface area contributed by atoms with Crippen molar-refractivity contribution in [1.29, 1.82) is 0 Å². The van der Waals surface area contributed by atoms with Gasteiger partial charge < -0.3 is 20.1 Å². The van der Waals surface area contributed by atoms with Crippen LogP contribution in [0.4, 0.5) is 15.8 Å². The molecule has 0 atom stereocenters. The lowest BCUT2D eigenvalue weighted by Crippen LogP contribution is -2.22. The molecule has 0 aromatic heterocycles. The number of nitrogens with one attached hydrogen (secondary N) is 2. The minimum absolute atomic E-state index is 0.0241. The van der Waals surface area contributed by atoms with Crippen molar-refractivity contribution < 1.29 is 18.7 Å². The van der Waals surface area contributed by atoms with Crippen molar-refractivity contribution in [3.63, 3.8) is 0 Å². The van der Waals surface area contributed by atoms with E-state index in [1.165, 1.54) is 32.4 Å². The van der Waals surface area contributed by atoms with E-state index >= 15 is 0 Å². The molecule has 0 unspecified atom stereocenters. The summed E-state index contributed by atoms with van der Waals surface area (Å²) in [6, 6.07) is 7.56. The van der Waals surface area contributed by atoms with Gasteiger partial charge in [0.25, 0.3) is 0 Å². The van der Waals surface area contributed by atoms with Crippen molar-refractivity contribution >= 4 is 40.5 Å². The topological polar surface area (TPSA) is 59.6 Å². The van der Waals surface area contributed by atoms with Crippen molar-refractivity contribution in [2.75, 3.05) is 31.4 Å². The number of hydrogen-bond donors (Lipinski definition) is 2. The molecule has 0 fully saturated rings.